The zero-order valence-electron chi connectivity index (χ0n) is 74.3. The number of para-hydroxylation sites is 2. The monoisotopic (exact) mass is 1680 g/mol. The number of benzene rings is 8. The molecule has 8 aromatic carbocycles. The van der Waals surface area contributed by atoms with Gasteiger partial charge in [0.1, 0.15) is 120 Å². The first-order chi connectivity index (χ1) is 60.5. The van der Waals surface area contributed by atoms with E-state index in [1.54, 1.807) is 0 Å². The number of ether oxygens (including phenoxy) is 12. The minimum absolute atomic E-state index is 0.0539. The van der Waals surface area contributed by atoms with Crippen LogP contribution in [-0.4, -0.2) is 137 Å². The van der Waals surface area contributed by atoms with Crippen LogP contribution in [0, 0.1) is 0 Å². The predicted octanol–water partition coefficient (Wildman–Crippen LogP) is 21.1. The molecule has 10 fully saturated rings. The lowest BCUT2D eigenvalue weighted by molar-refractivity contribution is 0.149. The molecule has 8 aromatic rings. The van der Waals surface area contributed by atoms with Gasteiger partial charge in [0.15, 0.2) is 0 Å². The molecule has 124 heavy (non-hydrogen) atoms. The molecule has 0 aromatic heterocycles. The zero-order valence-corrected chi connectivity index (χ0v) is 74.3. The minimum Gasteiger partial charge on any atom is -0.491 e. The quantitative estimate of drug-likeness (QED) is 0.0679. The summed E-state index contributed by atoms with van der Waals surface area (Å²) in [5.74, 6) is 16.9. The Bertz CT molecular complexity index is 4960. The Kier molecular flexibility index (Phi) is 25.1. The second-order valence-electron chi connectivity index (χ2n) is 39.7. The average Bonchev–Trinajstić information content (AvgIpc) is 1.56. The lowest BCUT2D eigenvalue weighted by Gasteiger charge is -2.37. The molecular formula is C106H134N6O12. The predicted molar refractivity (Wildman–Crippen MR) is 488 cm³/mol. The fourth-order valence-corrected chi connectivity index (χ4v) is 23.3. The van der Waals surface area contributed by atoms with Gasteiger partial charge >= 0.3 is 0 Å². The van der Waals surface area contributed by atoms with Crippen LogP contribution >= 0.6 is 0 Å². The third-order valence-electron chi connectivity index (χ3n) is 30.6. The summed E-state index contributed by atoms with van der Waals surface area (Å²) in [5, 5.41) is 21.6. The number of rotatable bonds is 12. The minimum atomic E-state index is 0.0539. The van der Waals surface area contributed by atoms with Crippen molar-refractivity contribution in [3.05, 3.63) is 203 Å². The van der Waals surface area contributed by atoms with Gasteiger partial charge in [-0.1, -0.05) is 67.4 Å². The molecule has 24 rings (SSSR count). The van der Waals surface area contributed by atoms with E-state index in [1.807, 2.05) is 84.9 Å². The molecule has 18 nitrogen and oxygen atoms in total. The van der Waals surface area contributed by atoms with E-state index < -0.39 is 0 Å². The highest BCUT2D eigenvalue weighted by molar-refractivity contribution is 5.53. The third-order valence-corrected chi connectivity index (χ3v) is 30.6. The topological polar surface area (TPSA) is 183 Å². The molecule has 0 unspecified atom stereocenters. The maximum absolute atomic E-state index is 6.23. The van der Waals surface area contributed by atoms with Crippen molar-refractivity contribution in [2.45, 2.75) is 289 Å². The van der Waals surface area contributed by atoms with Crippen molar-refractivity contribution >= 4 is 0 Å². The van der Waals surface area contributed by atoms with Gasteiger partial charge in [0.05, 0.1) is 57.6 Å². The smallest absolute Gasteiger partial charge is 0.131 e. The first kappa shape index (κ1) is 84.6. The number of hydrogen-bond acceptors (Lipinski definition) is 18. The van der Waals surface area contributed by atoms with Crippen molar-refractivity contribution in [1.82, 2.24) is 31.9 Å². The van der Waals surface area contributed by atoms with Gasteiger partial charge in [-0.2, -0.15) is 0 Å². The average molecular weight is 1680 g/mol. The summed E-state index contributed by atoms with van der Waals surface area (Å²) in [6.07, 6.45) is 31.6. The second-order valence-corrected chi connectivity index (χ2v) is 39.7. The third kappa shape index (κ3) is 18.5. The Morgan fingerprint density at radius 3 is 0.750 bits per heavy atom. The normalized spacial score (nSPS) is 30.4. The van der Waals surface area contributed by atoms with E-state index >= 15 is 0 Å². The SMILES string of the molecule is C[C@@]12COc3cc(OC4CCCC4)ccc3[C@@H]1CCN2.C[C@@]12COc3cc(OC4CCCCC4)ccc3[C@@H]1CCN2.C[C@@]12COc3cc(Oc4ccccc4)ccc3[C@@H]1CCN2.C[C@@]12COc3ccc(OC4CCCC4)cc3[C@@H]1CCN2.C[C@@]12COc3ccc(OC4CCCCC4)cc3[C@@H]1CCN2.C[C@@]12COc3ccc(Oc4ccccc4)cc3[C@@H]1CCN2. The molecule has 12 heterocycles. The summed E-state index contributed by atoms with van der Waals surface area (Å²) < 4.78 is 72.3. The largest absolute Gasteiger partial charge is 0.491 e. The van der Waals surface area contributed by atoms with Gasteiger partial charge in [-0.05, 0) is 336 Å². The summed E-state index contributed by atoms with van der Waals surface area (Å²) in [5.41, 5.74) is 8.48. The van der Waals surface area contributed by atoms with E-state index in [1.165, 1.54) is 181 Å². The Labute approximate surface area is 736 Å². The highest BCUT2D eigenvalue weighted by Gasteiger charge is 2.50. The Morgan fingerprint density at radius 1 is 0.218 bits per heavy atom. The Balaban J connectivity index is 0.0000000976. The summed E-state index contributed by atoms with van der Waals surface area (Å²) in [6, 6.07) is 57.8. The van der Waals surface area contributed by atoms with Crippen molar-refractivity contribution in [2.75, 3.05) is 78.9 Å². The van der Waals surface area contributed by atoms with Gasteiger partial charge in [0.2, 0.25) is 0 Å². The van der Waals surface area contributed by atoms with Crippen LogP contribution in [0.4, 0.5) is 0 Å². The van der Waals surface area contributed by atoms with Gasteiger partial charge in [0, 0.05) is 70.4 Å². The van der Waals surface area contributed by atoms with Crippen LogP contribution < -0.4 is 88.7 Å². The van der Waals surface area contributed by atoms with Crippen LogP contribution in [0.3, 0.4) is 0 Å². The fourth-order valence-electron chi connectivity index (χ4n) is 23.3. The maximum atomic E-state index is 6.23. The van der Waals surface area contributed by atoms with Crippen LogP contribution in [0.15, 0.2) is 170 Å². The van der Waals surface area contributed by atoms with Gasteiger partial charge in [-0.3, -0.25) is 0 Å². The van der Waals surface area contributed by atoms with Gasteiger partial charge in [-0.15, -0.1) is 0 Å². The molecule has 0 amide bonds. The van der Waals surface area contributed by atoms with Gasteiger partial charge in [0.25, 0.3) is 0 Å². The molecule has 6 N–H and O–H groups in total. The molecule has 0 bridgehead atoms. The summed E-state index contributed by atoms with van der Waals surface area (Å²) in [6.45, 7) is 24.6. The Morgan fingerprint density at radius 2 is 0.444 bits per heavy atom. The van der Waals surface area contributed by atoms with Crippen molar-refractivity contribution in [3.63, 3.8) is 0 Å². The molecule has 0 spiro atoms. The summed E-state index contributed by atoms with van der Waals surface area (Å²) in [4.78, 5) is 0. The number of hydrogen-bond donors (Lipinski definition) is 6. The standard InChI is InChI=1S/C18H25NO2.C18H19NO2.C18H25NO2.C18H19NO2.2C17H23NO2/c2*1-18-12-20-17-8-7-14(21-13-5-3-2-4-6-13)11-15(17)16(18)9-10-19-18;2*1-18-12-20-17-11-14(21-13-5-3-2-4-6-13)7-8-15(17)16(18)9-10-19-18;1-17-11-19-16-7-6-13(20-12-4-2-3-5-12)10-14(16)15(17)8-9-18-17;1-17-11-19-16-10-13(20-12-4-2-3-5-12)6-7-14(16)15(17)8-9-18-17/h7-8,11,13,16,19H,2-6,9-10,12H2,1H3;2-8,11,16,19H,9-10,12H2,1H3;7-8,11,13,16,19H,2-6,9-10,12H2,1H3;2-8,11,16,19H,9-10,12H2,1H3;2*6-7,10,12,15,18H,2-5,8-9,11H2,1H3/t4*16-,18+;2*15-,17+/m000000/s1. The van der Waals surface area contributed by atoms with Crippen molar-refractivity contribution < 1.29 is 56.8 Å². The van der Waals surface area contributed by atoms with Crippen LogP contribution in [-0.2, 0) is 0 Å². The number of nitrogens with one attached hydrogen (secondary N) is 6. The molecule has 0 radical (unpaired) electrons. The highest BCUT2D eigenvalue weighted by Crippen LogP contribution is 2.53. The van der Waals surface area contributed by atoms with E-state index in [4.69, 9.17) is 56.8 Å². The van der Waals surface area contributed by atoms with Crippen molar-refractivity contribution in [3.8, 4) is 80.5 Å². The van der Waals surface area contributed by atoms with Crippen molar-refractivity contribution in [1.29, 1.82) is 0 Å². The molecule has 4 saturated carbocycles. The van der Waals surface area contributed by atoms with E-state index in [2.05, 4.69) is 158 Å². The molecule has 12 aliphatic heterocycles. The van der Waals surface area contributed by atoms with E-state index in [0.717, 1.165) is 166 Å². The lowest BCUT2D eigenvalue weighted by Crippen LogP contribution is -2.48. The number of fused-ring (bicyclic) bond motifs is 18. The zero-order chi connectivity index (χ0) is 84.3. The molecule has 6 saturated heterocycles. The van der Waals surface area contributed by atoms with Crippen LogP contribution in [0.25, 0.3) is 0 Å². The summed E-state index contributed by atoms with van der Waals surface area (Å²) >= 11 is 0. The van der Waals surface area contributed by atoms with Crippen LogP contribution in [0.2, 0.25) is 0 Å². The van der Waals surface area contributed by atoms with Gasteiger partial charge in [-0.25, -0.2) is 0 Å². The Hall–Kier alpha value is -8.88. The van der Waals surface area contributed by atoms with Crippen LogP contribution in [0.1, 0.15) is 265 Å². The second kappa shape index (κ2) is 36.8. The van der Waals surface area contributed by atoms with E-state index in [9.17, 15) is 0 Å². The van der Waals surface area contributed by atoms with E-state index in [-0.39, 0.29) is 33.2 Å². The molecule has 18 heteroatoms. The summed E-state index contributed by atoms with van der Waals surface area (Å²) in [7, 11) is 0. The molecule has 16 aliphatic rings. The molecular weight excluding hydrogens is 1550 g/mol. The first-order valence-electron chi connectivity index (χ1n) is 47.7. The van der Waals surface area contributed by atoms with Gasteiger partial charge < -0.3 is 88.7 Å². The van der Waals surface area contributed by atoms with E-state index in [0.29, 0.717) is 59.9 Å². The highest BCUT2D eigenvalue weighted by atomic mass is 16.5. The molecule has 12 atom stereocenters. The van der Waals surface area contributed by atoms with Crippen molar-refractivity contribution in [2.24, 2.45) is 0 Å². The fraction of sp³-hybridized carbons (Fsp3) is 0.547. The van der Waals surface area contributed by atoms with Crippen LogP contribution in [0.5, 0.6) is 80.5 Å². The molecule has 660 valence electrons. The maximum Gasteiger partial charge on any atom is 0.131 e. The lowest BCUT2D eigenvalue weighted by atomic mass is 9.80. The molecule has 4 aliphatic carbocycles. The first-order valence-corrected chi connectivity index (χ1v) is 47.7.